The molecule has 0 fully saturated rings. The van der Waals surface area contributed by atoms with Gasteiger partial charge in [-0.1, -0.05) is 49.9 Å². The first kappa shape index (κ1) is 20.3. The van der Waals surface area contributed by atoms with Crippen molar-refractivity contribution in [1.29, 1.82) is 0 Å². The second kappa shape index (κ2) is 9.66. The predicted octanol–water partition coefficient (Wildman–Crippen LogP) is 4.92. The third-order valence-corrected chi connectivity index (χ3v) is 4.90. The van der Waals surface area contributed by atoms with E-state index in [0.717, 1.165) is 27.3 Å². The van der Waals surface area contributed by atoms with E-state index in [2.05, 4.69) is 46.5 Å². The summed E-state index contributed by atoms with van der Waals surface area (Å²) in [6, 6.07) is 17.5. The first-order valence-corrected chi connectivity index (χ1v) is 9.93. The van der Waals surface area contributed by atoms with Gasteiger partial charge in [0.1, 0.15) is 5.70 Å². The summed E-state index contributed by atoms with van der Waals surface area (Å²) in [6.45, 7) is 9.76. The van der Waals surface area contributed by atoms with Crippen LogP contribution in [0.25, 0.3) is 22.7 Å². The van der Waals surface area contributed by atoms with Gasteiger partial charge in [-0.3, -0.25) is 0 Å². The summed E-state index contributed by atoms with van der Waals surface area (Å²) < 4.78 is 5.66. The van der Waals surface area contributed by atoms with Crippen LogP contribution < -0.4 is 5.73 Å². The molecule has 0 amide bonds. The largest absolute Gasteiger partial charge is 0.415 e. The van der Waals surface area contributed by atoms with Crippen molar-refractivity contribution in [3.63, 3.8) is 0 Å². The van der Waals surface area contributed by atoms with Gasteiger partial charge in [-0.05, 0) is 41.8 Å². The molecule has 1 aromatic heterocycles. The Hall–Kier alpha value is -3.45. The molecule has 146 valence electrons. The van der Waals surface area contributed by atoms with Gasteiger partial charge in [0.15, 0.2) is 5.82 Å². The average Bonchev–Trinajstić information content (AvgIpc) is 3.25. The molecular formula is C22H21N5OS. The maximum atomic E-state index is 6.15. The van der Waals surface area contributed by atoms with Crippen LogP contribution in [0.1, 0.15) is 18.4 Å². The van der Waals surface area contributed by atoms with Gasteiger partial charge in [0, 0.05) is 16.7 Å². The van der Waals surface area contributed by atoms with Gasteiger partial charge < -0.3 is 10.2 Å². The molecule has 1 heterocycles. The summed E-state index contributed by atoms with van der Waals surface area (Å²) in [5.41, 5.74) is 8.84. The molecule has 0 saturated heterocycles. The molecule has 0 aliphatic rings. The minimum absolute atomic E-state index is 0.135. The summed E-state index contributed by atoms with van der Waals surface area (Å²) in [5.74, 6) is 1.66. The highest BCUT2D eigenvalue weighted by atomic mass is 32.2. The van der Waals surface area contributed by atoms with Crippen molar-refractivity contribution < 1.29 is 4.42 Å². The molecule has 0 aliphatic carbocycles. The van der Waals surface area contributed by atoms with Crippen molar-refractivity contribution in [3.8, 4) is 11.5 Å². The van der Waals surface area contributed by atoms with E-state index in [1.54, 1.807) is 18.0 Å². The van der Waals surface area contributed by atoms with Crippen LogP contribution in [0, 0.1) is 0 Å². The zero-order valence-corrected chi connectivity index (χ0v) is 16.9. The number of benzene rings is 2. The molecule has 7 heteroatoms. The molecule has 0 saturated carbocycles. The lowest BCUT2D eigenvalue weighted by molar-refractivity contribution is 0.551. The monoisotopic (exact) mass is 403 g/mol. The van der Waals surface area contributed by atoms with E-state index in [4.69, 9.17) is 10.2 Å². The standard InChI is InChI=1S/C22H21N5OS/c1-4-29-18-13-9-8-12-17(18)15(2)14-25-20(24-3)19(23)22-27-26-21(28-22)16-10-6-5-7-11-16/h5-14H,2-4,23H2,1H3/b20-19-,25-14-. The van der Waals surface area contributed by atoms with E-state index in [9.17, 15) is 0 Å². The van der Waals surface area contributed by atoms with Gasteiger partial charge in [-0.15, -0.1) is 22.0 Å². The van der Waals surface area contributed by atoms with Crippen LogP contribution in [0.3, 0.4) is 0 Å². The van der Waals surface area contributed by atoms with Crippen LogP contribution in [0.2, 0.25) is 0 Å². The molecule has 0 aliphatic heterocycles. The molecular weight excluding hydrogens is 382 g/mol. The lowest BCUT2D eigenvalue weighted by Crippen LogP contribution is -2.00. The molecule has 3 aromatic rings. The molecule has 0 spiro atoms. The summed E-state index contributed by atoms with van der Waals surface area (Å²) in [4.78, 5) is 9.39. The maximum absolute atomic E-state index is 6.15. The minimum atomic E-state index is 0.135. The van der Waals surface area contributed by atoms with Crippen molar-refractivity contribution in [2.75, 3.05) is 5.75 Å². The van der Waals surface area contributed by atoms with Crippen LogP contribution >= 0.6 is 11.8 Å². The Morgan fingerprint density at radius 1 is 1.14 bits per heavy atom. The van der Waals surface area contributed by atoms with Crippen molar-refractivity contribution in [2.24, 2.45) is 15.7 Å². The molecule has 0 radical (unpaired) electrons. The van der Waals surface area contributed by atoms with Crippen molar-refractivity contribution >= 4 is 36.0 Å². The summed E-state index contributed by atoms with van der Waals surface area (Å²) >= 11 is 1.75. The number of allylic oxidation sites excluding steroid dienone is 1. The summed E-state index contributed by atoms with van der Waals surface area (Å²) in [5, 5.41) is 8.03. The normalized spacial score (nSPS) is 12.0. The molecule has 0 bridgehead atoms. The van der Waals surface area contributed by atoms with Gasteiger partial charge in [0.25, 0.3) is 5.89 Å². The lowest BCUT2D eigenvalue weighted by atomic mass is 10.1. The first-order valence-electron chi connectivity index (χ1n) is 8.95. The van der Waals surface area contributed by atoms with Crippen LogP contribution in [-0.4, -0.2) is 28.9 Å². The number of hydrogen-bond donors (Lipinski definition) is 1. The van der Waals surface area contributed by atoms with E-state index in [-0.39, 0.29) is 17.4 Å². The fraction of sp³-hybridized carbons (Fsp3) is 0.0909. The summed E-state index contributed by atoms with van der Waals surface area (Å²) in [6.07, 6.45) is 1.61. The number of rotatable bonds is 8. The van der Waals surface area contributed by atoms with E-state index in [0.29, 0.717) is 5.89 Å². The number of hydrogen-bond acceptors (Lipinski definition) is 7. The third-order valence-electron chi connectivity index (χ3n) is 3.94. The SMILES string of the molecule is C=NC(/N=C\C(=C)c1ccccc1SCC)=C(/N)c1nnc(-c2ccccc2)o1. The van der Waals surface area contributed by atoms with Crippen LogP contribution in [0.4, 0.5) is 0 Å². The van der Waals surface area contributed by atoms with Crippen molar-refractivity contribution in [3.05, 3.63) is 78.5 Å². The number of nitrogens with two attached hydrogens (primary N) is 1. The third kappa shape index (κ3) is 4.89. The number of aliphatic imine (C=N–C) groups is 2. The molecule has 2 N–H and O–H groups in total. The molecule has 0 atom stereocenters. The molecule has 0 unspecified atom stereocenters. The first-order chi connectivity index (χ1) is 14.1. The van der Waals surface area contributed by atoms with Crippen LogP contribution in [-0.2, 0) is 0 Å². The van der Waals surface area contributed by atoms with Crippen LogP contribution in [0.15, 0.2) is 86.3 Å². The van der Waals surface area contributed by atoms with E-state index < -0.39 is 0 Å². The number of thioether (sulfide) groups is 1. The molecule has 6 nitrogen and oxygen atoms in total. The Kier molecular flexibility index (Phi) is 6.76. The Labute approximate surface area is 174 Å². The zero-order chi connectivity index (χ0) is 20.6. The Bertz CT molecular complexity index is 1070. The quantitative estimate of drug-likeness (QED) is 0.426. The van der Waals surface area contributed by atoms with Gasteiger partial charge in [-0.2, -0.15) is 0 Å². The lowest BCUT2D eigenvalue weighted by Gasteiger charge is -2.07. The molecule has 3 rings (SSSR count). The van der Waals surface area contributed by atoms with Crippen molar-refractivity contribution in [1.82, 2.24) is 10.2 Å². The smallest absolute Gasteiger partial charge is 0.267 e. The average molecular weight is 404 g/mol. The fourth-order valence-electron chi connectivity index (χ4n) is 2.54. The highest BCUT2D eigenvalue weighted by molar-refractivity contribution is 7.99. The topological polar surface area (TPSA) is 89.7 Å². The van der Waals surface area contributed by atoms with E-state index >= 15 is 0 Å². The fourth-order valence-corrected chi connectivity index (χ4v) is 3.38. The second-order valence-corrected chi connectivity index (χ2v) is 7.19. The van der Waals surface area contributed by atoms with E-state index in [1.807, 2.05) is 48.5 Å². The Morgan fingerprint density at radius 3 is 2.59 bits per heavy atom. The van der Waals surface area contributed by atoms with Gasteiger partial charge >= 0.3 is 0 Å². The van der Waals surface area contributed by atoms with Gasteiger partial charge in [0.2, 0.25) is 5.89 Å². The van der Waals surface area contributed by atoms with Gasteiger partial charge in [-0.25, -0.2) is 9.98 Å². The number of nitrogens with zero attached hydrogens (tertiary/aromatic N) is 4. The van der Waals surface area contributed by atoms with Crippen LogP contribution in [0.5, 0.6) is 0 Å². The summed E-state index contributed by atoms with van der Waals surface area (Å²) in [7, 11) is 0. The van der Waals surface area contributed by atoms with Crippen molar-refractivity contribution in [2.45, 2.75) is 11.8 Å². The minimum Gasteiger partial charge on any atom is -0.415 e. The number of aromatic nitrogens is 2. The predicted molar refractivity (Wildman–Crippen MR) is 121 cm³/mol. The Balaban J connectivity index is 1.85. The Morgan fingerprint density at radius 2 is 1.86 bits per heavy atom. The second-order valence-electron chi connectivity index (χ2n) is 5.89. The molecule has 2 aromatic carbocycles. The molecule has 29 heavy (non-hydrogen) atoms. The maximum Gasteiger partial charge on any atom is 0.267 e. The van der Waals surface area contributed by atoms with Gasteiger partial charge in [0.05, 0.1) is 0 Å². The highest BCUT2D eigenvalue weighted by Gasteiger charge is 2.14. The zero-order valence-electron chi connectivity index (χ0n) is 16.1. The van der Waals surface area contributed by atoms with E-state index in [1.165, 1.54) is 0 Å². The highest BCUT2D eigenvalue weighted by Crippen LogP contribution is 2.27.